The molecule has 0 N–H and O–H groups in total. The minimum Gasteiger partial charge on any atom is -0.339 e. The molecule has 21 heavy (non-hydrogen) atoms. The highest BCUT2D eigenvalue weighted by molar-refractivity contribution is 7.93. The second-order valence-corrected chi connectivity index (χ2v) is 8.52. The Morgan fingerprint density at radius 1 is 1.00 bits per heavy atom. The monoisotopic (exact) mass is 316 g/mol. The molecule has 1 aliphatic heterocycles. The van der Waals surface area contributed by atoms with Crippen LogP contribution in [0.4, 0.5) is 0 Å². The highest BCUT2D eigenvalue weighted by Crippen LogP contribution is 2.28. The Morgan fingerprint density at radius 2 is 1.48 bits per heavy atom. The van der Waals surface area contributed by atoms with E-state index in [4.69, 9.17) is 0 Å². The third-order valence-electron chi connectivity index (χ3n) is 4.64. The third-order valence-corrected chi connectivity index (χ3v) is 7.23. The van der Waals surface area contributed by atoms with E-state index in [-0.39, 0.29) is 17.1 Å². The van der Waals surface area contributed by atoms with E-state index in [0.717, 1.165) is 12.8 Å². The Labute approximate surface area is 126 Å². The zero-order valence-electron chi connectivity index (χ0n) is 12.7. The Balaban J connectivity index is 1.98. The summed E-state index contributed by atoms with van der Waals surface area (Å²) in [7, 11) is -3.39. The summed E-state index contributed by atoms with van der Waals surface area (Å²) in [5, 5.41) is -1.32. The zero-order chi connectivity index (χ0) is 15.6. The Morgan fingerprint density at radius 3 is 1.95 bits per heavy atom. The molecule has 1 atom stereocenters. The van der Waals surface area contributed by atoms with Gasteiger partial charge in [0.2, 0.25) is 11.8 Å². The van der Waals surface area contributed by atoms with E-state index in [2.05, 4.69) is 0 Å². The maximum absolute atomic E-state index is 12.5. The van der Waals surface area contributed by atoms with Crippen molar-refractivity contribution in [1.29, 1.82) is 0 Å². The minimum absolute atomic E-state index is 0.00581. The van der Waals surface area contributed by atoms with Gasteiger partial charge in [0.1, 0.15) is 5.25 Å². The fourth-order valence-corrected chi connectivity index (χ4v) is 5.14. The van der Waals surface area contributed by atoms with Crippen molar-refractivity contribution in [3.8, 4) is 0 Å². The highest BCUT2D eigenvalue weighted by atomic mass is 32.2. The smallest absolute Gasteiger partial charge is 0.240 e. The molecular formula is C14H24N2O4S. The van der Waals surface area contributed by atoms with Crippen LogP contribution in [0.2, 0.25) is 0 Å². The van der Waals surface area contributed by atoms with Gasteiger partial charge in [-0.1, -0.05) is 12.8 Å². The molecule has 0 radical (unpaired) electrons. The quantitative estimate of drug-likeness (QED) is 0.756. The number of nitrogens with zero attached hydrogens (tertiary/aromatic N) is 2. The van der Waals surface area contributed by atoms with Crippen molar-refractivity contribution in [1.82, 2.24) is 9.80 Å². The Kier molecular flexibility index (Phi) is 4.91. The standard InChI is InChI=1S/C14H24N2O4S/c1-11(21(19,20)13-5-3-4-6-13)14(18)16-9-7-15(8-10-16)12(2)17/h11,13H,3-10H2,1-2H3/t11-/m1/s1. The van der Waals surface area contributed by atoms with Gasteiger partial charge in [-0.05, 0) is 19.8 Å². The molecule has 120 valence electrons. The van der Waals surface area contributed by atoms with E-state index < -0.39 is 15.1 Å². The second-order valence-electron chi connectivity index (χ2n) is 5.97. The number of carbonyl (C=O) groups excluding carboxylic acids is 2. The molecule has 1 heterocycles. The van der Waals surface area contributed by atoms with E-state index in [1.54, 1.807) is 9.80 Å². The van der Waals surface area contributed by atoms with Gasteiger partial charge in [-0.2, -0.15) is 0 Å². The van der Waals surface area contributed by atoms with Crippen LogP contribution in [0.15, 0.2) is 0 Å². The lowest BCUT2D eigenvalue weighted by atomic mass is 10.3. The molecule has 2 amide bonds. The fourth-order valence-electron chi connectivity index (χ4n) is 3.14. The first-order chi connectivity index (χ1) is 9.84. The van der Waals surface area contributed by atoms with E-state index in [1.807, 2.05) is 0 Å². The van der Waals surface area contributed by atoms with Crippen LogP contribution in [-0.4, -0.2) is 66.7 Å². The van der Waals surface area contributed by atoms with Crippen LogP contribution in [0.3, 0.4) is 0 Å². The predicted octanol–water partition coefficient (Wildman–Crippen LogP) is 0.423. The summed E-state index contributed by atoms with van der Waals surface area (Å²) in [5.41, 5.74) is 0. The largest absolute Gasteiger partial charge is 0.339 e. The van der Waals surface area contributed by atoms with Crippen molar-refractivity contribution in [3.63, 3.8) is 0 Å². The number of hydrogen-bond acceptors (Lipinski definition) is 4. The normalized spacial score (nSPS) is 22.4. The van der Waals surface area contributed by atoms with Crippen LogP contribution in [0, 0.1) is 0 Å². The van der Waals surface area contributed by atoms with Crippen LogP contribution < -0.4 is 0 Å². The van der Waals surface area contributed by atoms with Gasteiger partial charge in [0.05, 0.1) is 5.25 Å². The number of sulfone groups is 1. The van der Waals surface area contributed by atoms with Gasteiger partial charge in [-0.15, -0.1) is 0 Å². The lowest BCUT2D eigenvalue weighted by Crippen LogP contribution is -2.53. The maximum atomic E-state index is 12.5. The van der Waals surface area contributed by atoms with Crippen molar-refractivity contribution in [2.24, 2.45) is 0 Å². The number of rotatable bonds is 3. The van der Waals surface area contributed by atoms with Gasteiger partial charge in [0.25, 0.3) is 0 Å². The first-order valence-corrected chi connectivity index (χ1v) is 9.22. The lowest BCUT2D eigenvalue weighted by Gasteiger charge is -2.35. The predicted molar refractivity (Wildman–Crippen MR) is 79.5 cm³/mol. The Bertz CT molecular complexity index is 503. The van der Waals surface area contributed by atoms with Crippen molar-refractivity contribution in [2.75, 3.05) is 26.2 Å². The molecule has 0 aromatic rings. The number of piperazine rings is 1. The van der Waals surface area contributed by atoms with Crippen LogP contribution >= 0.6 is 0 Å². The minimum atomic E-state index is -3.39. The van der Waals surface area contributed by atoms with E-state index >= 15 is 0 Å². The zero-order valence-corrected chi connectivity index (χ0v) is 13.6. The van der Waals surface area contributed by atoms with Crippen molar-refractivity contribution in [3.05, 3.63) is 0 Å². The molecule has 0 aromatic carbocycles. The SMILES string of the molecule is CC(=O)N1CCN(C(=O)[C@@H](C)S(=O)(=O)C2CCCC2)CC1. The molecule has 1 aliphatic carbocycles. The summed E-state index contributed by atoms with van der Waals surface area (Å²) in [6.07, 6.45) is 3.22. The average molecular weight is 316 g/mol. The Hall–Kier alpha value is -1.11. The van der Waals surface area contributed by atoms with Gasteiger partial charge >= 0.3 is 0 Å². The average Bonchev–Trinajstić information content (AvgIpc) is 3.00. The molecule has 2 aliphatic rings. The molecule has 0 spiro atoms. The molecule has 0 bridgehead atoms. The van der Waals surface area contributed by atoms with Crippen LogP contribution in [-0.2, 0) is 19.4 Å². The molecular weight excluding hydrogens is 292 g/mol. The molecule has 2 rings (SSSR count). The molecule has 2 fully saturated rings. The van der Waals surface area contributed by atoms with Crippen LogP contribution in [0.5, 0.6) is 0 Å². The summed E-state index contributed by atoms with van der Waals surface area (Å²) >= 11 is 0. The summed E-state index contributed by atoms with van der Waals surface area (Å²) in [6.45, 7) is 4.82. The van der Waals surface area contributed by atoms with Gasteiger partial charge < -0.3 is 9.80 Å². The maximum Gasteiger partial charge on any atom is 0.240 e. The van der Waals surface area contributed by atoms with E-state index in [9.17, 15) is 18.0 Å². The molecule has 7 heteroatoms. The van der Waals surface area contributed by atoms with Gasteiger partial charge in [0, 0.05) is 33.1 Å². The summed E-state index contributed by atoms with van der Waals surface area (Å²) in [4.78, 5) is 27.0. The second kappa shape index (κ2) is 6.34. The fraction of sp³-hybridized carbons (Fsp3) is 0.857. The highest BCUT2D eigenvalue weighted by Gasteiger charge is 2.39. The molecule has 1 saturated carbocycles. The van der Waals surface area contributed by atoms with Gasteiger partial charge in [-0.3, -0.25) is 9.59 Å². The molecule has 1 saturated heterocycles. The molecule has 6 nitrogen and oxygen atoms in total. The topological polar surface area (TPSA) is 74.8 Å². The number of hydrogen-bond donors (Lipinski definition) is 0. The first kappa shape index (κ1) is 16.3. The molecule has 0 unspecified atom stereocenters. The number of carbonyl (C=O) groups is 2. The van der Waals surface area contributed by atoms with E-state index in [1.165, 1.54) is 13.8 Å². The van der Waals surface area contributed by atoms with Crippen LogP contribution in [0.25, 0.3) is 0 Å². The summed E-state index contributed by atoms with van der Waals surface area (Å²) < 4.78 is 25.0. The summed E-state index contributed by atoms with van der Waals surface area (Å²) in [6, 6.07) is 0. The lowest BCUT2D eigenvalue weighted by molar-refractivity contribution is -0.137. The van der Waals surface area contributed by atoms with Crippen LogP contribution in [0.1, 0.15) is 39.5 Å². The van der Waals surface area contributed by atoms with Gasteiger partial charge in [-0.25, -0.2) is 8.42 Å². The number of amides is 2. The van der Waals surface area contributed by atoms with Gasteiger partial charge in [0.15, 0.2) is 9.84 Å². The third kappa shape index (κ3) is 3.39. The first-order valence-electron chi connectivity index (χ1n) is 7.61. The molecule has 0 aromatic heterocycles. The van der Waals surface area contributed by atoms with E-state index in [0.29, 0.717) is 39.0 Å². The van der Waals surface area contributed by atoms with Crippen molar-refractivity contribution in [2.45, 2.75) is 50.0 Å². The van der Waals surface area contributed by atoms with Crippen molar-refractivity contribution < 1.29 is 18.0 Å². The van der Waals surface area contributed by atoms with Crippen molar-refractivity contribution >= 4 is 21.7 Å². The summed E-state index contributed by atoms with van der Waals surface area (Å²) in [5.74, 6) is -0.321.